The lowest BCUT2D eigenvalue weighted by Gasteiger charge is -2.35. The van der Waals surface area contributed by atoms with Crippen molar-refractivity contribution >= 4 is 0 Å². The minimum Gasteiger partial charge on any atom is -0.393 e. The van der Waals surface area contributed by atoms with Crippen LogP contribution in [-0.2, 0) is 0 Å². The van der Waals surface area contributed by atoms with E-state index in [0.717, 1.165) is 12.8 Å². The molecule has 1 rings (SSSR count). The van der Waals surface area contributed by atoms with E-state index in [1.807, 2.05) is 0 Å². The van der Waals surface area contributed by atoms with Crippen molar-refractivity contribution in [1.82, 2.24) is 0 Å². The quantitative estimate of drug-likeness (QED) is 0.510. The van der Waals surface area contributed by atoms with E-state index in [0.29, 0.717) is 0 Å². The molecular formula is C25H36O. The lowest BCUT2D eigenvalue weighted by atomic mass is 9.71. The number of hydrogen-bond acceptors (Lipinski definition) is 1. The third-order valence-corrected chi connectivity index (χ3v) is 4.61. The van der Waals surface area contributed by atoms with Gasteiger partial charge in [-0.15, -0.1) is 0 Å². The van der Waals surface area contributed by atoms with Crippen LogP contribution < -0.4 is 0 Å². The third-order valence-electron chi connectivity index (χ3n) is 4.61. The van der Waals surface area contributed by atoms with Crippen LogP contribution in [0, 0.1) is 5.41 Å². The molecule has 26 heavy (non-hydrogen) atoms. The second kappa shape index (κ2) is 10.3. The fourth-order valence-corrected chi connectivity index (χ4v) is 3.31. The predicted molar refractivity (Wildman–Crippen MR) is 116 cm³/mol. The summed E-state index contributed by atoms with van der Waals surface area (Å²) in [5.41, 5.74) is 6.43. The lowest BCUT2D eigenvalue weighted by Crippen LogP contribution is -2.28. The molecule has 0 aromatic heterocycles. The highest BCUT2D eigenvalue weighted by Crippen LogP contribution is 2.40. The summed E-state index contributed by atoms with van der Waals surface area (Å²) in [5, 5.41) is 9.99. The smallest absolute Gasteiger partial charge is 0.0585 e. The zero-order chi connectivity index (χ0) is 19.7. The standard InChI is InChI=1S/C25H36O/c1-19(2)11-8-9-12-20(3)13-10-14-21(4)15-16-24-22(5)17-23(26)18-25(24,6)7/h8-16,23,26H,17-18H2,1-7H3/b9-8+,13-10+,16-15+,20-12+,21-14+/t23-/m0/s1. The Morgan fingerprint density at radius 2 is 1.50 bits per heavy atom. The first-order valence-electron chi connectivity index (χ1n) is 9.51. The molecule has 0 fully saturated rings. The molecule has 1 atom stereocenters. The first kappa shape index (κ1) is 22.2. The third kappa shape index (κ3) is 8.01. The van der Waals surface area contributed by atoms with Gasteiger partial charge in [-0.25, -0.2) is 0 Å². The van der Waals surface area contributed by atoms with Crippen LogP contribution in [0.4, 0.5) is 0 Å². The summed E-state index contributed by atoms with van der Waals surface area (Å²) in [4.78, 5) is 0. The van der Waals surface area contributed by atoms with Crippen molar-refractivity contribution in [1.29, 1.82) is 0 Å². The zero-order valence-electron chi connectivity index (χ0n) is 17.6. The maximum Gasteiger partial charge on any atom is 0.0585 e. The van der Waals surface area contributed by atoms with Crippen LogP contribution in [0.1, 0.15) is 61.3 Å². The highest BCUT2D eigenvalue weighted by atomic mass is 16.3. The maximum absolute atomic E-state index is 9.99. The number of hydrogen-bond donors (Lipinski definition) is 1. The number of aliphatic hydroxyl groups excluding tert-OH is 1. The molecule has 1 heteroatoms. The Labute approximate surface area is 160 Å². The Kier molecular flexibility index (Phi) is 8.81. The van der Waals surface area contributed by atoms with Crippen molar-refractivity contribution < 1.29 is 5.11 Å². The van der Waals surface area contributed by atoms with Crippen molar-refractivity contribution in [3.05, 3.63) is 82.5 Å². The molecule has 1 N–H and O–H groups in total. The molecule has 0 bridgehead atoms. The molecule has 0 saturated carbocycles. The number of aliphatic hydroxyl groups is 1. The monoisotopic (exact) mass is 352 g/mol. The average Bonchev–Trinajstić information content (AvgIpc) is 2.49. The molecule has 0 saturated heterocycles. The minimum atomic E-state index is -0.206. The van der Waals surface area contributed by atoms with Crippen LogP contribution >= 0.6 is 0 Å². The van der Waals surface area contributed by atoms with Crippen LogP contribution in [0.15, 0.2) is 82.5 Å². The van der Waals surface area contributed by atoms with E-state index in [-0.39, 0.29) is 11.5 Å². The Morgan fingerprint density at radius 3 is 2.12 bits per heavy atom. The second-order valence-corrected chi connectivity index (χ2v) is 8.28. The van der Waals surface area contributed by atoms with E-state index in [1.165, 1.54) is 27.9 Å². The molecule has 0 amide bonds. The van der Waals surface area contributed by atoms with E-state index < -0.39 is 0 Å². The molecule has 1 nitrogen and oxygen atoms in total. The van der Waals surface area contributed by atoms with Crippen LogP contribution in [0.2, 0.25) is 0 Å². The fraction of sp³-hybridized carbons (Fsp3) is 0.440. The summed E-state index contributed by atoms with van der Waals surface area (Å²) >= 11 is 0. The van der Waals surface area contributed by atoms with Crippen LogP contribution in [0.3, 0.4) is 0 Å². The van der Waals surface area contributed by atoms with Gasteiger partial charge in [0.25, 0.3) is 0 Å². The van der Waals surface area contributed by atoms with Gasteiger partial charge < -0.3 is 5.11 Å². The molecule has 0 aromatic rings. The van der Waals surface area contributed by atoms with E-state index in [4.69, 9.17) is 0 Å². The normalized spacial score (nSPS) is 22.1. The summed E-state index contributed by atoms with van der Waals surface area (Å²) in [6, 6.07) is 0. The van der Waals surface area contributed by atoms with Gasteiger partial charge in [-0.3, -0.25) is 0 Å². The van der Waals surface area contributed by atoms with E-state index in [9.17, 15) is 5.11 Å². The predicted octanol–water partition coefficient (Wildman–Crippen LogP) is 7.01. The van der Waals surface area contributed by atoms with Gasteiger partial charge in [0.1, 0.15) is 0 Å². The first-order chi connectivity index (χ1) is 12.1. The Hall–Kier alpha value is -1.86. The SMILES string of the molecule is CC(C)=C/C=C/C=C(C)/C=C/C=C(C)/C=C/C1=C(C)C[C@H](O)CC1(C)C. The molecule has 0 heterocycles. The second-order valence-electron chi connectivity index (χ2n) is 8.28. The van der Waals surface area contributed by atoms with Gasteiger partial charge in [-0.2, -0.15) is 0 Å². The average molecular weight is 353 g/mol. The van der Waals surface area contributed by atoms with Crippen molar-refractivity contribution in [2.75, 3.05) is 0 Å². The van der Waals surface area contributed by atoms with Crippen LogP contribution in [0.5, 0.6) is 0 Å². The molecule has 1 aliphatic carbocycles. The Morgan fingerprint density at radius 1 is 0.923 bits per heavy atom. The largest absolute Gasteiger partial charge is 0.393 e. The highest BCUT2D eigenvalue weighted by Gasteiger charge is 2.31. The van der Waals surface area contributed by atoms with Gasteiger partial charge in [-0.1, -0.05) is 90.8 Å². The summed E-state index contributed by atoms with van der Waals surface area (Å²) in [7, 11) is 0. The molecule has 142 valence electrons. The van der Waals surface area contributed by atoms with Gasteiger partial charge in [0.15, 0.2) is 0 Å². The molecule has 0 aliphatic heterocycles. The molecule has 0 spiro atoms. The summed E-state index contributed by atoms with van der Waals surface area (Å²) < 4.78 is 0. The van der Waals surface area contributed by atoms with Gasteiger partial charge in [0.2, 0.25) is 0 Å². The van der Waals surface area contributed by atoms with Crippen molar-refractivity contribution in [3.8, 4) is 0 Å². The molecule has 1 aliphatic rings. The summed E-state index contributed by atoms with van der Waals surface area (Å²) in [6.45, 7) is 15.0. The topological polar surface area (TPSA) is 20.2 Å². The van der Waals surface area contributed by atoms with Crippen molar-refractivity contribution in [3.63, 3.8) is 0 Å². The van der Waals surface area contributed by atoms with Crippen molar-refractivity contribution in [2.45, 2.75) is 67.4 Å². The van der Waals surface area contributed by atoms with E-state index >= 15 is 0 Å². The highest BCUT2D eigenvalue weighted by molar-refractivity contribution is 5.37. The van der Waals surface area contributed by atoms with E-state index in [1.54, 1.807) is 0 Å². The Bertz CT molecular complexity index is 684. The fourth-order valence-electron chi connectivity index (χ4n) is 3.31. The summed E-state index contributed by atoms with van der Waals surface area (Å²) in [5.74, 6) is 0. The van der Waals surface area contributed by atoms with Gasteiger partial charge >= 0.3 is 0 Å². The molecular weight excluding hydrogens is 316 g/mol. The molecule has 0 unspecified atom stereocenters. The van der Waals surface area contributed by atoms with E-state index in [2.05, 4.69) is 103 Å². The van der Waals surface area contributed by atoms with Crippen LogP contribution in [0.25, 0.3) is 0 Å². The molecule has 0 aromatic carbocycles. The zero-order valence-corrected chi connectivity index (χ0v) is 17.6. The lowest BCUT2D eigenvalue weighted by molar-refractivity contribution is 0.116. The van der Waals surface area contributed by atoms with Gasteiger partial charge in [-0.05, 0) is 58.4 Å². The maximum atomic E-state index is 9.99. The van der Waals surface area contributed by atoms with Gasteiger partial charge in [0, 0.05) is 0 Å². The first-order valence-corrected chi connectivity index (χ1v) is 9.51. The van der Waals surface area contributed by atoms with Crippen molar-refractivity contribution in [2.24, 2.45) is 5.41 Å². The summed E-state index contributed by atoms with van der Waals surface area (Å²) in [6.07, 6.45) is 20.5. The minimum absolute atomic E-state index is 0.0331. The Balaban J connectivity index is 2.75. The van der Waals surface area contributed by atoms with Crippen LogP contribution in [-0.4, -0.2) is 11.2 Å². The number of rotatable bonds is 6. The molecule has 0 radical (unpaired) electrons. The van der Waals surface area contributed by atoms with Gasteiger partial charge in [0.05, 0.1) is 6.10 Å². The number of allylic oxidation sites excluding steroid dienone is 13.